The summed E-state index contributed by atoms with van der Waals surface area (Å²) in [7, 11) is -1.56. The Kier molecular flexibility index (Phi) is 4.23. The summed E-state index contributed by atoms with van der Waals surface area (Å²) in [5, 5.41) is 3.14. The maximum absolute atomic E-state index is 12.4. The molecule has 4 nitrogen and oxygen atoms in total. The number of nitrogens with one attached hydrogen (secondary N) is 2. The van der Waals surface area contributed by atoms with Crippen LogP contribution in [-0.4, -0.2) is 21.0 Å². The van der Waals surface area contributed by atoms with Gasteiger partial charge >= 0.3 is 0 Å². The van der Waals surface area contributed by atoms with Gasteiger partial charge < -0.3 is 5.32 Å². The molecule has 1 unspecified atom stereocenters. The van der Waals surface area contributed by atoms with Crippen LogP contribution in [0.5, 0.6) is 0 Å². The molecule has 1 saturated carbocycles. The van der Waals surface area contributed by atoms with Gasteiger partial charge in [-0.25, -0.2) is 13.1 Å². The second-order valence-corrected chi connectivity index (χ2v) is 7.86. The highest BCUT2D eigenvalue weighted by Crippen LogP contribution is 2.39. The Morgan fingerprint density at radius 3 is 2.20 bits per heavy atom. The second-order valence-electron chi connectivity index (χ2n) is 6.18. The fourth-order valence-electron chi connectivity index (χ4n) is 2.40. The molecule has 5 heteroatoms. The first-order valence-corrected chi connectivity index (χ1v) is 8.56. The molecule has 0 saturated heterocycles. The van der Waals surface area contributed by atoms with Crippen molar-refractivity contribution in [1.82, 2.24) is 10.0 Å². The zero-order valence-electron chi connectivity index (χ0n) is 12.6. The molecule has 0 heterocycles. The summed E-state index contributed by atoms with van der Waals surface area (Å²) in [6, 6.07) is 7.28. The van der Waals surface area contributed by atoms with Gasteiger partial charge in [-0.2, -0.15) is 0 Å². The van der Waals surface area contributed by atoms with Gasteiger partial charge in [0.1, 0.15) is 0 Å². The van der Waals surface area contributed by atoms with E-state index in [2.05, 4.69) is 10.0 Å². The number of benzene rings is 1. The molecule has 1 aromatic rings. The topological polar surface area (TPSA) is 58.2 Å². The van der Waals surface area contributed by atoms with Crippen molar-refractivity contribution in [3.05, 3.63) is 29.8 Å². The minimum absolute atomic E-state index is 0.211. The molecule has 1 aliphatic rings. The highest BCUT2D eigenvalue weighted by molar-refractivity contribution is 7.89. The lowest BCUT2D eigenvalue weighted by molar-refractivity contribution is 0.400. The fraction of sp³-hybridized carbons (Fsp3) is 0.600. The van der Waals surface area contributed by atoms with E-state index in [1.54, 1.807) is 12.1 Å². The summed E-state index contributed by atoms with van der Waals surface area (Å²) in [6.45, 7) is 5.96. The number of sulfonamides is 1. The van der Waals surface area contributed by atoms with Crippen molar-refractivity contribution in [2.45, 2.75) is 50.1 Å². The highest BCUT2D eigenvalue weighted by atomic mass is 32.2. The van der Waals surface area contributed by atoms with Gasteiger partial charge in [0.2, 0.25) is 10.0 Å². The maximum Gasteiger partial charge on any atom is 0.241 e. The zero-order valence-corrected chi connectivity index (χ0v) is 13.4. The van der Waals surface area contributed by atoms with Gasteiger partial charge in [0.05, 0.1) is 4.90 Å². The van der Waals surface area contributed by atoms with E-state index in [-0.39, 0.29) is 11.6 Å². The quantitative estimate of drug-likeness (QED) is 0.847. The van der Waals surface area contributed by atoms with Crippen molar-refractivity contribution in [2.75, 3.05) is 7.05 Å². The summed E-state index contributed by atoms with van der Waals surface area (Å²) in [4.78, 5) is 0.332. The summed E-state index contributed by atoms with van der Waals surface area (Å²) in [6.07, 6.45) is 2.21. The van der Waals surface area contributed by atoms with Crippen molar-refractivity contribution in [2.24, 2.45) is 5.92 Å². The van der Waals surface area contributed by atoms with Gasteiger partial charge in [0, 0.05) is 11.6 Å². The van der Waals surface area contributed by atoms with E-state index in [1.807, 2.05) is 40.0 Å². The largest absolute Gasteiger partial charge is 0.313 e. The van der Waals surface area contributed by atoms with Crippen molar-refractivity contribution in [3.8, 4) is 0 Å². The maximum atomic E-state index is 12.4. The molecule has 0 amide bonds. The number of hydrogen-bond acceptors (Lipinski definition) is 3. The number of hydrogen-bond donors (Lipinski definition) is 2. The van der Waals surface area contributed by atoms with Crippen LogP contribution in [-0.2, 0) is 10.0 Å². The van der Waals surface area contributed by atoms with Gasteiger partial charge in [0.25, 0.3) is 0 Å². The molecular formula is C15H24N2O2S. The lowest BCUT2D eigenvalue weighted by atomic mass is 10.0. The van der Waals surface area contributed by atoms with Crippen molar-refractivity contribution >= 4 is 10.0 Å². The molecule has 0 aromatic heterocycles. The normalized spacial score (nSPS) is 18.0. The van der Waals surface area contributed by atoms with Gasteiger partial charge in [0.15, 0.2) is 0 Å². The molecule has 1 fully saturated rings. The molecule has 112 valence electrons. The minimum atomic E-state index is -3.44. The average Bonchev–Trinajstić information content (AvgIpc) is 3.21. The van der Waals surface area contributed by atoms with Crippen molar-refractivity contribution in [3.63, 3.8) is 0 Å². The van der Waals surface area contributed by atoms with E-state index in [4.69, 9.17) is 0 Å². The SMILES string of the molecule is CNC(C)c1ccc(S(=O)(=O)NC(C)(C)C2CC2)cc1. The lowest BCUT2D eigenvalue weighted by Crippen LogP contribution is -2.45. The molecule has 20 heavy (non-hydrogen) atoms. The molecule has 1 aromatic carbocycles. The van der Waals surface area contributed by atoms with Crippen LogP contribution in [0.3, 0.4) is 0 Å². The standard InChI is InChI=1S/C15H24N2O2S/c1-11(16-4)12-5-9-14(10-6-12)20(18,19)17-15(2,3)13-7-8-13/h5-6,9-11,13,16-17H,7-8H2,1-4H3. The summed E-state index contributed by atoms with van der Waals surface area (Å²) >= 11 is 0. The smallest absolute Gasteiger partial charge is 0.241 e. The van der Waals surface area contributed by atoms with Crippen LogP contribution in [0.2, 0.25) is 0 Å². The van der Waals surface area contributed by atoms with Crippen LogP contribution in [0.1, 0.15) is 45.2 Å². The highest BCUT2D eigenvalue weighted by Gasteiger charge is 2.40. The van der Waals surface area contributed by atoms with E-state index in [0.29, 0.717) is 10.8 Å². The van der Waals surface area contributed by atoms with Gasteiger partial charge in [-0.3, -0.25) is 0 Å². The first-order chi connectivity index (χ1) is 9.26. The fourth-order valence-corrected chi connectivity index (χ4v) is 3.87. The summed E-state index contributed by atoms with van der Waals surface area (Å²) in [5.74, 6) is 0.459. The van der Waals surface area contributed by atoms with Crippen molar-refractivity contribution < 1.29 is 8.42 Å². The van der Waals surface area contributed by atoms with E-state index in [0.717, 1.165) is 18.4 Å². The van der Waals surface area contributed by atoms with E-state index in [9.17, 15) is 8.42 Å². The van der Waals surface area contributed by atoms with Crippen molar-refractivity contribution in [1.29, 1.82) is 0 Å². The Morgan fingerprint density at radius 2 is 1.75 bits per heavy atom. The Labute approximate surface area is 122 Å². The molecule has 2 rings (SSSR count). The Morgan fingerprint density at radius 1 is 1.20 bits per heavy atom. The third-order valence-corrected chi connectivity index (χ3v) is 5.81. The number of rotatable bonds is 6. The van der Waals surface area contributed by atoms with Crippen LogP contribution >= 0.6 is 0 Å². The van der Waals surface area contributed by atoms with E-state index in [1.165, 1.54) is 0 Å². The molecule has 1 aliphatic carbocycles. The third kappa shape index (κ3) is 3.40. The van der Waals surface area contributed by atoms with Gasteiger partial charge in [-0.05, 0) is 64.3 Å². The molecule has 1 atom stereocenters. The van der Waals surface area contributed by atoms with E-state index < -0.39 is 10.0 Å². The second kappa shape index (κ2) is 5.47. The first-order valence-electron chi connectivity index (χ1n) is 7.07. The summed E-state index contributed by atoms with van der Waals surface area (Å²) < 4.78 is 27.6. The van der Waals surface area contributed by atoms with Crippen LogP contribution in [0.4, 0.5) is 0 Å². The zero-order chi connectivity index (χ0) is 15.0. The van der Waals surface area contributed by atoms with E-state index >= 15 is 0 Å². The third-order valence-electron chi connectivity index (χ3n) is 4.12. The molecule has 0 aliphatic heterocycles. The van der Waals surface area contributed by atoms with Crippen LogP contribution in [0.15, 0.2) is 29.2 Å². The predicted octanol–water partition coefficient (Wildman–Crippen LogP) is 2.43. The monoisotopic (exact) mass is 296 g/mol. The first kappa shape index (κ1) is 15.5. The minimum Gasteiger partial charge on any atom is -0.313 e. The predicted molar refractivity (Wildman–Crippen MR) is 81.0 cm³/mol. The molecule has 0 bridgehead atoms. The molecule has 0 radical (unpaired) electrons. The van der Waals surface area contributed by atoms with Crippen LogP contribution in [0, 0.1) is 5.92 Å². The average molecular weight is 296 g/mol. The van der Waals surface area contributed by atoms with Crippen LogP contribution < -0.4 is 10.0 Å². The van der Waals surface area contributed by atoms with Gasteiger partial charge in [-0.15, -0.1) is 0 Å². The molecule has 2 N–H and O–H groups in total. The van der Waals surface area contributed by atoms with Gasteiger partial charge in [-0.1, -0.05) is 12.1 Å². The molecule has 0 spiro atoms. The Hall–Kier alpha value is -0.910. The lowest BCUT2D eigenvalue weighted by Gasteiger charge is -2.25. The van der Waals surface area contributed by atoms with Crippen LogP contribution in [0.25, 0.3) is 0 Å². The Bertz CT molecular complexity index is 560. The molecular weight excluding hydrogens is 272 g/mol. The Balaban J connectivity index is 2.17. The summed E-state index contributed by atoms with van der Waals surface area (Å²) in [5.41, 5.74) is 0.711.